The molecule has 1 fully saturated rings. The number of hydrogen-bond donors (Lipinski definition) is 1. The summed E-state index contributed by atoms with van der Waals surface area (Å²) in [5.74, 6) is -3.95. The van der Waals surface area contributed by atoms with E-state index < -0.39 is 30.2 Å². The van der Waals surface area contributed by atoms with Gasteiger partial charge in [-0.3, -0.25) is 14.5 Å². The van der Waals surface area contributed by atoms with Gasteiger partial charge in [0.1, 0.15) is 5.82 Å². The number of nitrogens with one attached hydrogen (secondary N) is 1. The van der Waals surface area contributed by atoms with E-state index >= 15 is 0 Å². The average Bonchev–Trinajstić information content (AvgIpc) is 2.81. The highest BCUT2D eigenvalue weighted by atomic mass is 19.4. The number of Topliss-reactive ketones (excluding diaryl/α,β-unsaturated/α-hetero) is 1. The number of anilines is 1. The predicted molar refractivity (Wildman–Crippen MR) is 110 cm³/mol. The minimum atomic E-state index is -5.12. The molecule has 1 heterocycles. The molecule has 0 unspecified atom stereocenters. The molecule has 1 aliphatic heterocycles. The van der Waals surface area contributed by atoms with Gasteiger partial charge in [-0.2, -0.15) is 13.2 Å². The zero-order chi connectivity index (χ0) is 24.0. The lowest BCUT2D eigenvalue weighted by molar-refractivity contribution is -0.173. The smallest absolute Gasteiger partial charge is 0.378 e. The number of hydrogen-bond acceptors (Lipinski definition) is 4. The monoisotopic (exact) mass is 467 g/mol. The van der Waals surface area contributed by atoms with E-state index in [4.69, 9.17) is 4.74 Å². The summed E-state index contributed by atoms with van der Waals surface area (Å²) in [6.45, 7) is 0.506. The molecule has 7 nitrogen and oxygen atoms in total. The number of para-hydroxylation sites is 1. The number of halogens is 4. The van der Waals surface area contributed by atoms with Crippen LogP contribution in [0.25, 0.3) is 0 Å². The Hall–Kier alpha value is -3.47. The predicted octanol–water partition coefficient (Wildman–Crippen LogP) is 3.15. The fourth-order valence-corrected chi connectivity index (χ4v) is 3.18. The van der Waals surface area contributed by atoms with Crippen molar-refractivity contribution in [2.24, 2.45) is 0 Å². The minimum Gasteiger partial charge on any atom is -0.378 e. The first-order chi connectivity index (χ1) is 15.7. The Balaban J connectivity index is 1.76. The van der Waals surface area contributed by atoms with Crippen LogP contribution in [0, 0.1) is 5.82 Å². The van der Waals surface area contributed by atoms with Crippen LogP contribution in [0.15, 0.2) is 48.5 Å². The van der Waals surface area contributed by atoms with Gasteiger partial charge >= 0.3 is 18.1 Å². The molecular weight excluding hydrogens is 446 g/mol. The molecule has 1 aliphatic rings. The third-order valence-electron chi connectivity index (χ3n) is 4.95. The molecule has 0 saturated carbocycles. The van der Waals surface area contributed by atoms with Crippen LogP contribution in [-0.2, 0) is 16.1 Å². The van der Waals surface area contributed by atoms with Gasteiger partial charge in [0.05, 0.1) is 26.3 Å². The molecule has 0 aromatic heterocycles. The number of rotatable bonds is 6. The maximum atomic E-state index is 14.8. The highest BCUT2D eigenvalue weighted by Crippen LogP contribution is 2.22. The molecule has 3 rings (SSSR count). The van der Waals surface area contributed by atoms with Crippen LogP contribution >= 0.6 is 0 Å². The molecule has 2 aromatic rings. The maximum absolute atomic E-state index is 14.8. The molecule has 176 valence electrons. The Morgan fingerprint density at radius 2 is 1.70 bits per heavy atom. The fourth-order valence-electron chi connectivity index (χ4n) is 3.18. The number of alkyl halides is 3. The molecule has 0 bridgehead atoms. The molecule has 1 N–H and O–H groups in total. The van der Waals surface area contributed by atoms with Gasteiger partial charge in [0.2, 0.25) is 0 Å². The first-order valence-corrected chi connectivity index (χ1v) is 10.0. The summed E-state index contributed by atoms with van der Waals surface area (Å²) in [4.78, 5) is 39.0. The fraction of sp³-hybridized carbons (Fsp3) is 0.318. The molecule has 2 aromatic carbocycles. The third kappa shape index (κ3) is 6.28. The molecule has 33 heavy (non-hydrogen) atoms. The van der Waals surface area contributed by atoms with E-state index in [1.807, 2.05) is 0 Å². The molecular formula is C22H21F4N3O4. The van der Waals surface area contributed by atoms with Crippen LogP contribution < -0.4 is 10.2 Å². The van der Waals surface area contributed by atoms with Crippen LogP contribution in [0.2, 0.25) is 0 Å². The van der Waals surface area contributed by atoms with E-state index in [-0.39, 0.29) is 23.7 Å². The van der Waals surface area contributed by atoms with Crippen LogP contribution in [0.4, 0.5) is 28.0 Å². The largest absolute Gasteiger partial charge is 0.471 e. The van der Waals surface area contributed by atoms with Crippen molar-refractivity contribution in [2.45, 2.75) is 12.7 Å². The Bertz CT molecular complexity index is 1010. The molecule has 3 amide bonds. The standard InChI is InChI=1S/C22H21F4N3O4/c23-18-12-15(19(30)13-27-20(31)22(24,25)26)6-7-16(18)14-29(17-4-2-1-3-5-17)21(32)28-8-10-33-11-9-28/h1-7,12H,8-11,13-14H2,(H,27,31). The van der Waals surface area contributed by atoms with E-state index in [0.717, 1.165) is 6.07 Å². The number of morpholine rings is 1. The van der Waals surface area contributed by atoms with Crippen molar-refractivity contribution in [3.63, 3.8) is 0 Å². The summed E-state index contributed by atoms with van der Waals surface area (Å²) >= 11 is 0. The number of ketones is 1. The van der Waals surface area contributed by atoms with Crippen molar-refractivity contribution in [3.05, 3.63) is 65.5 Å². The second-order valence-electron chi connectivity index (χ2n) is 7.21. The van der Waals surface area contributed by atoms with E-state index in [2.05, 4.69) is 0 Å². The van der Waals surface area contributed by atoms with Gasteiger partial charge in [-0.15, -0.1) is 0 Å². The first kappa shape index (κ1) is 24.2. The maximum Gasteiger partial charge on any atom is 0.471 e. The number of nitrogens with zero attached hydrogens (tertiary/aromatic N) is 2. The quantitative estimate of drug-likeness (QED) is 0.523. The molecule has 11 heteroatoms. The van der Waals surface area contributed by atoms with E-state index in [1.54, 1.807) is 35.2 Å². The Labute approximate surface area is 186 Å². The summed E-state index contributed by atoms with van der Waals surface area (Å²) in [5, 5.41) is 1.46. The summed E-state index contributed by atoms with van der Waals surface area (Å²) in [6, 6.07) is 11.7. The number of amides is 3. The van der Waals surface area contributed by atoms with Crippen molar-refractivity contribution in [1.82, 2.24) is 10.2 Å². The van der Waals surface area contributed by atoms with E-state index in [1.165, 1.54) is 22.3 Å². The zero-order valence-corrected chi connectivity index (χ0v) is 17.4. The first-order valence-electron chi connectivity index (χ1n) is 10.0. The Morgan fingerprint density at radius 3 is 2.30 bits per heavy atom. The van der Waals surface area contributed by atoms with Crippen LogP contribution in [-0.4, -0.2) is 61.6 Å². The number of benzene rings is 2. The minimum absolute atomic E-state index is 0.108. The zero-order valence-electron chi connectivity index (χ0n) is 17.4. The number of carbonyl (C=O) groups excluding carboxylic acids is 3. The van der Waals surface area contributed by atoms with E-state index in [0.29, 0.717) is 32.0 Å². The summed E-state index contributed by atoms with van der Waals surface area (Å²) in [6.07, 6.45) is -5.12. The highest BCUT2D eigenvalue weighted by molar-refractivity contribution is 6.00. The van der Waals surface area contributed by atoms with Crippen molar-refractivity contribution >= 4 is 23.4 Å². The third-order valence-corrected chi connectivity index (χ3v) is 4.95. The summed E-state index contributed by atoms with van der Waals surface area (Å²) in [7, 11) is 0. The average molecular weight is 467 g/mol. The molecule has 0 aliphatic carbocycles. The van der Waals surface area contributed by atoms with Gasteiger partial charge < -0.3 is 15.0 Å². The van der Waals surface area contributed by atoms with Crippen LogP contribution in [0.1, 0.15) is 15.9 Å². The SMILES string of the molecule is O=C(CNC(=O)C(F)(F)F)c1ccc(CN(C(=O)N2CCOCC2)c2ccccc2)c(F)c1. The molecule has 0 radical (unpaired) electrons. The van der Waals surface area contributed by atoms with Crippen molar-refractivity contribution < 1.29 is 36.7 Å². The molecule has 1 saturated heterocycles. The number of carbonyl (C=O) groups is 3. The van der Waals surface area contributed by atoms with Gasteiger partial charge in [-0.1, -0.05) is 30.3 Å². The lowest BCUT2D eigenvalue weighted by atomic mass is 10.1. The lowest BCUT2D eigenvalue weighted by Gasteiger charge is -2.33. The van der Waals surface area contributed by atoms with Gasteiger partial charge in [0, 0.05) is 29.9 Å². The molecule has 0 atom stereocenters. The number of urea groups is 1. The van der Waals surface area contributed by atoms with Gasteiger partial charge in [-0.05, 0) is 18.2 Å². The van der Waals surface area contributed by atoms with Crippen molar-refractivity contribution in [1.29, 1.82) is 0 Å². The van der Waals surface area contributed by atoms with Crippen molar-refractivity contribution in [3.8, 4) is 0 Å². The highest BCUT2D eigenvalue weighted by Gasteiger charge is 2.38. The van der Waals surface area contributed by atoms with Gasteiger partial charge in [-0.25, -0.2) is 9.18 Å². The number of ether oxygens (including phenoxy) is 1. The second-order valence-corrected chi connectivity index (χ2v) is 7.21. The van der Waals surface area contributed by atoms with Crippen LogP contribution in [0.5, 0.6) is 0 Å². The normalized spacial score (nSPS) is 14.0. The van der Waals surface area contributed by atoms with Gasteiger partial charge in [0.25, 0.3) is 0 Å². The Kier molecular flexibility index (Phi) is 7.64. The summed E-state index contributed by atoms with van der Waals surface area (Å²) in [5.41, 5.74) is 0.448. The second kappa shape index (κ2) is 10.4. The summed E-state index contributed by atoms with van der Waals surface area (Å²) < 4.78 is 56.8. The van der Waals surface area contributed by atoms with E-state index in [9.17, 15) is 31.9 Å². The van der Waals surface area contributed by atoms with Crippen molar-refractivity contribution in [2.75, 3.05) is 37.7 Å². The molecule has 0 spiro atoms. The Morgan fingerprint density at radius 1 is 1.03 bits per heavy atom. The topological polar surface area (TPSA) is 79.0 Å². The lowest BCUT2D eigenvalue weighted by Crippen LogP contribution is -2.48. The van der Waals surface area contributed by atoms with Gasteiger partial charge in [0.15, 0.2) is 5.78 Å². The van der Waals surface area contributed by atoms with Crippen LogP contribution in [0.3, 0.4) is 0 Å².